The predicted octanol–water partition coefficient (Wildman–Crippen LogP) is 1.32. The Hall–Kier alpha value is -2.05. The van der Waals surface area contributed by atoms with Crippen molar-refractivity contribution in [1.29, 1.82) is 0 Å². The number of aryl methyl sites for hydroxylation is 2. The lowest BCUT2D eigenvalue weighted by atomic mass is 9.93. The summed E-state index contributed by atoms with van der Waals surface area (Å²) in [4.78, 5) is 23.2. The van der Waals surface area contributed by atoms with Crippen molar-refractivity contribution >= 4 is 11.9 Å². The third-order valence-electron chi connectivity index (χ3n) is 4.25. The van der Waals surface area contributed by atoms with Crippen LogP contribution in [0.15, 0.2) is 0 Å². The minimum atomic E-state index is -0.887. The smallest absolute Gasteiger partial charge is 0.305 e. The lowest BCUT2D eigenvalue weighted by molar-refractivity contribution is -0.139. The number of nitrogens with zero attached hydrogens (tertiary/aromatic N) is 2. The molecule has 1 fully saturated rings. The van der Waals surface area contributed by atoms with Gasteiger partial charge in [0.2, 0.25) is 0 Å². The first-order valence-corrected chi connectivity index (χ1v) is 7.49. The molecule has 22 heavy (non-hydrogen) atoms. The molecule has 1 aromatic rings. The molecular formula is C15H23N3O4. The number of ether oxygens (including phenoxy) is 1. The summed E-state index contributed by atoms with van der Waals surface area (Å²) in [5, 5.41) is 16.1. The average molecular weight is 309 g/mol. The molecule has 0 aliphatic heterocycles. The zero-order chi connectivity index (χ0) is 16.3. The van der Waals surface area contributed by atoms with Crippen LogP contribution in [0.25, 0.3) is 0 Å². The molecule has 1 heterocycles. The van der Waals surface area contributed by atoms with Gasteiger partial charge >= 0.3 is 5.97 Å². The third kappa shape index (κ3) is 3.58. The molecule has 0 saturated heterocycles. The molecule has 7 nitrogen and oxygen atoms in total. The lowest BCUT2D eigenvalue weighted by Gasteiger charge is -2.28. The van der Waals surface area contributed by atoms with Crippen molar-refractivity contribution in [3.63, 3.8) is 0 Å². The van der Waals surface area contributed by atoms with E-state index in [-0.39, 0.29) is 18.9 Å². The second kappa shape index (κ2) is 6.37. The van der Waals surface area contributed by atoms with E-state index < -0.39 is 11.5 Å². The summed E-state index contributed by atoms with van der Waals surface area (Å²) in [6.07, 6.45) is 3.25. The zero-order valence-electron chi connectivity index (χ0n) is 13.3. The van der Waals surface area contributed by atoms with Gasteiger partial charge in [-0.3, -0.25) is 14.3 Å². The summed E-state index contributed by atoms with van der Waals surface area (Å²) in [5.41, 5.74) is 0.964. The van der Waals surface area contributed by atoms with E-state index in [1.807, 2.05) is 20.9 Å². The lowest BCUT2D eigenvalue weighted by Crippen LogP contribution is -2.49. The van der Waals surface area contributed by atoms with E-state index in [0.717, 1.165) is 24.2 Å². The fourth-order valence-corrected chi connectivity index (χ4v) is 3.12. The van der Waals surface area contributed by atoms with Crippen LogP contribution >= 0.6 is 0 Å². The van der Waals surface area contributed by atoms with Crippen LogP contribution < -0.4 is 10.1 Å². The molecule has 7 heteroatoms. The van der Waals surface area contributed by atoms with Crippen LogP contribution in [0.5, 0.6) is 5.75 Å². The Labute approximate surface area is 129 Å². The van der Waals surface area contributed by atoms with Crippen molar-refractivity contribution in [2.45, 2.75) is 51.5 Å². The molecule has 1 amide bonds. The van der Waals surface area contributed by atoms with Gasteiger partial charge in [0.25, 0.3) is 5.91 Å². The van der Waals surface area contributed by atoms with Crippen molar-refractivity contribution in [3.05, 3.63) is 11.4 Å². The molecule has 1 aliphatic rings. The van der Waals surface area contributed by atoms with Crippen LogP contribution in [0.3, 0.4) is 0 Å². The minimum absolute atomic E-state index is 0.0380. The Balaban J connectivity index is 1.96. The van der Waals surface area contributed by atoms with Gasteiger partial charge in [-0.1, -0.05) is 12.8 Å². The highest BCUT2D eigenvalue weighted by Crippen LogP contribution is 2.32. The molecule has 122 valence electrons. The van der Waals surface area contributed by atoms with Crippen molar-refractivity contribution in [3.8, 4) is 5.75 Å². The second-order valence-corrected chi connectivity index (χ2v) is 6.02. The molecule has 0 spiro atoms. The Morgan fingerprint density at radius 1 is 1.36 bits per heavy atom. The first kappa shape index (κ1) is 16.3. The van der Waals surface area contributed by atoms with E-state index in [4.69, 9.17) is 9.84 Å². The van der Waals surface area contributed by atoms with E-state index in [2.05, 4.69) is 10.4 Å². The van der Waals surface area contributed by atoms with E-state index in [1.165, 1.54) is 0 Å². The fraction of sp³-hybridized carbons (Fsp3) is 0.667. The number of hydrogen-bond donors (Lipinski definition) is 2. The topological polar surface area (TPSA) is 93.5 Å². The average Bonchev–Trinajstić information content (AvgIpc) is 2.94. The molecule has 0 atom stereocenters. The van der Waals surface area contributed by atoms with Gasteiger partial charge in [0.05, 0.1) is 17.7 Å². The monoisotopic (exact) mass is 309 g/mol. The third-order valence-corrected chi connectivity index (χ3v) is 4.25. The summed E-state index contributed by atoms with van der Waals surface area (Å²) < 4.78 is 7.27. The number of carboxylic acid groups (broad SMARTS) is 1. The van der Waals surface area contributed by atoms with Crippen molar-refractivity contribution in [2.75, 3.05) is 6.61 Å². The maximum atomic E-state index is 12.1. The highest BCUT2D eigenvalue weighted by molar-refractivity contribution is 5.79. The van der Waals surface area contributed by atoms with Gasteiger partial charge in [0.15, 0.2) is 12.4 Å². The minimum Gasteiger partial charge on any atom is -0.481 e. The van der Waals surface area contributed by atoms with E-state index in [0.29, 0.717) is 18.6 Å². The normalized spacial score (nSPS) is 16.5. The molecule has 0 unspecified atom stereocenters. The van der Waals surface area contributed by atoms with Crippen molar-refractivity contribution in [2.24, 2.45) is 7.05 Å². The summed E-state index contributed by atoms with van der Waals surface area (Å²) in [5.74, 6) is -0.566. The van der Waals surface area contributed by atoms with Gasteiger partial charge < -0.3 is 15.2 Å². The predicted molar refractivity (Wildman–Crippen MR) is 79.8 cm³/mol. The number of hydrogen-bond acceptors (Lipinski definition) is 4. The van der Waals surface area contributed by atoms with Gasteiger partial charge in [-0.25, -0.2) is 0 Å². The molecule has 0 radical (unpaired) electrons. The standard InChI is InChI=1S/C15H23N3O4/c1-10-14(11(2)18(3)17-10)22-9-12(19)16-15(8-13(20)21)6-4-5-7-15/h4-9H2,1-3H3,(H,16,19)(H,20,21). The van der Waals surface area contributed by atoms with Crippen LogP contribution in [-0.2, 0) is 16.6 Å². The van der Waals surface area contributed by atoms with E-state index in [9.17, 15) is 9.59 Å². The van der Waals surface area contributed by atoms with Gasteiger partial charge in [0.1, 0.15) is 5.69 Å². The van der Waals surface area contributed by atoms with E-state index in [1.54, 1.807) is 4.68 Å². The molecular weight excluding hydrogens is 286 g/mol. The number of carboxylic acids is 1. The summed E-state index contributed by atoms with van der Waals surface area (Å²) in [6, 6.07) is 0. The highest BCUT2D eigenvalue weighted by atomic mass is 16.5. The highest BCUT2D eigenvalue weighted by Gasteiger charge is 2.37. The molecule has 1 saturated carbocycles. The molecule has 1 aliphatic carbocycles. The second-order valence-electron chi connectivity index (χ2n) is 6.02. The van der Waals surface area contributed by atoms with E-state index >= 15 is 0 Å². The molecule has 0 aromatic carbocycles. The number of aliphatic carboxylic acids is 1. The molecule has 0 bridgehead atoms. The molecule has 2 N–H and O–H groups in total. The summed E-state index contributed by atoms with van der Waals surface area (Å²) >= 11 is 0. The Morgan fingerprint density at radius 3 is 2.50 bits per heavy atom. The number of rotatable bonds is 6. The first-order chi connectivity index (χ1) is 10.3. The zero-order valence-corrected chi connectivity index (χ0v) is 13.3. The summed E-state index contributed by atoms with van der Waals surface area (Å²) in [7, 11) is 1.82. The van der Waals surface area contributed by atoms with Crippen molar-refractivity contribution < 1.29 is 19.4 Å². The maximum absolute atomic E-state index is 12.1. The number of carbonyl (C=O) groups is 2. The van der Waals surface area contributed by atoms with Gasteiger partial charge in [-0.2, -0.15) is 5.10 Å². The van der Waals surface area contributed by atoms with Crippen LogP contribution in [0, 0.1) is 13.8 Å². The Bertz CT molecular complexity index is 574. The van der Waals surface area contributed by atoms with Crippen LogP contribution in [0.4, 0.5) is 0 Å². The number of nitrogens with one attached hydrogen (secondary N) is 1. The number of amides is 1. The summed E-state index contributed by atoms with van der Waals surface area (Å²) in [6.45, 7) is 3.56. The van der Waals surface area contributed by atoms with Crippen LogP contribution in [-0.4, -0.2) is 38.9 Å². The van der Waals surface area contributed by atoms with Crippen LogP contribution in [0.1, 0.15) is 43.5 Å². The van der Waals surface area contributed by atoms with Crippen LogP contribution in [0.2, 0.25) is 0 Å². The van der Waals surface area contributed by atoms with Crippen molar-refractivity contribution in [1.82, 2.24) is 15.1 Å². The Morgan fingerprint density at radius 2 is 2.00 bits per heavy atom. The van der Waals surface area contributed by atoms with Gasteiger partial charge in [-0.15, -0.1) is 0 Å². The fourth-order valence-electron chi connectivity index (χ4n) is 3.12. The quantitative estimate of drug-likeness (QED) is 0.826. The molecule has 1 aromatic heterocycles. The first-order valence-electron chi connectivity index (χ1n) is 7.49. The number of carbonyl (C=O) groups excluding carboxylic acids is 1. The largest absolute Gasteiger partial charge is 0.481 e. The SMILES string of the molecule is Cc1nn(C)c(C)c1OCC(=O)NC1(CC(=O)O)CCCC1. The maximum Gasteiger partial charge on any atom is 0.305 e. The van der Waals surface area contributed by atoms with Gasteiger partial charge in [0, 0.05) is 7.05 Å². The van der Waals surface area contributed by atoms with Gasteiger partial charge in [-0.05, 0) is 26.7 Å². The molecule has 2 rings (SSSR count). The number of aromatic nitrogens is 2. The Kier molecular flexibility index (Phi) is 4.73.